The van der Waals surface area contributed by atoms with Crippen LogP contribution in [0.2, 0.25) is 0 Å². The van der Waals surface area contributed by atoms with Crippen molar-refractivity contribution in [1.82, 2.24) is 10.3 Å². The van der Waals surface area contributed by atoms with E-state index in [4.69, 9.17) is 18.6 Å². The van der Waals surface area contributed by atoms with Crippen LogP contribution in [-0.4, -0.2) is 61.6 Å². The molecule has 10 heteroatoms. The smallest absolute Gasteiger partial charge is 0.407 e. The number of hydrogen-bond acceptors (Lipinski definition) is 9. The molecule has 0 bridgehead atoms. The van der Waals surface area contributed by atoms with Gasteiger partial charge in [-0.2, -0.15) is 0 Å². The topological polar surface area (TPSA) is 126 Å². The molecule has 2 aromatic rings. The Balaban J connectivity index is 1.48. The summed E-state index contributed by atoms with van der Waals surface area (Å²) < 4.78 is 27.1. The molecule has 3 rings (SSSR count). The van der Waals surface area contributed by atoms with E-state index in [1.54, 1.807) is 24.5 Å². The number of carbonyl (C=O) groups excluding carboxylic acids is 3. The predicted molar refractivity (Wildman–Crippen MR) is 157 cm³/mol. The highest BCUT2D eigenvalue weighted by atomic mass is 16.6. The molecule has 0 unspecified atom stereocenters. The average Bonchev–Trinajstić information content (AvgIpc) is 3.44. The van der Waals surface area contributed by atoms with Crippen LogP contribution in [0.5, 0.6) is 0 Å². The third-order valence-electron chi connectivity index (χ3n) is 6.33. The van der Waals surface area contributed by atoms with Gasteiger partial charge in [0, 0.05) is 25.5 Å². The van der Waals surface area contributed by atoms with E-state index in [1.165, 1.54) is 13.2 Å². The van der Waals surface area contributed by atoms with Crippen LogP contribution in [0.3, 0.4) is 0 Å². The Labute approximate surface area is 246 Å². The van der Waals surface area contributed by atoms with Gasteiger partial charge in [-0.3, -0.25) is 4.79 Å². The number of hydrogen-bond donors (Lipinski definition) is 1. The Hall–Kier alpha value is -4.18. The van der Waals surface area contributed by atoms with Crippen molar-refractivity contribution < 1.29 is 37.7 Å². The van der Waals surface area contributed by atoms with E-state index in [0.29, 0.717) is 38.2 Å². The van der Waals surface area contributed by atoms with Crippen LogP contribution in [0.1, 0.15) is 62.6 Å². The summed E-state index contributed by atoms with van der Waals surface area (Å²) in [5, 5.41) is 2.52. The Morgan fingerprint density at radius 2 is 1.95 bits per heavy atom. The molecule has 1 saturated heterocycles. The molecule has 226 valence electrons. The molecule has 1 aliphatic rings. The molecule has 1 aliphatic heterocycles. The number of nitrogens with one attached hydrogen (secondary N) is 1. The lowest BCUT2D eigenvalue weighted by Crippen LogP contribution is -2.38. The minimum atomic E-state index is -0.517. The first-order valence-electron chi connectivity index (χ1n) is 14.3. The zero-order valence-corrected chi connectivity index (χ0v) is 24.2. The van der Waals surface area contributed by atoms with E-state index in [9.17, 15) is 14.4 Å². The molecule has 0 aliphatic carbocycles. The summed E-state index contributed by atoms with van der Waals surface area (Å²) in [7, 11) is 1.30. The maximum absolute atomic E-state index is 12.6. The molecule has 0 saturated carbocycles. The summed E-state index contributed by atoms with van der Waals surface area (Å²) in [6.45, 7) is 2.72. The largest absolute Gasteiger partial charge is 0.466 e. The van der Waals surface area contributed by atoms with Crippen LogP contribution in [0, 0.1) is 0 Å². The third kappa shape index (κ3) is 12.6. The number of carbonyl (C=O) groups is 3. The van der Waals surface area contributed by atoms with Crippen molar-refractivity contribution in [3.63, 3.8) is 0 Å². The molecule has 2 heterocycles. The van der Waals surface area contributed by atoms with Crippen molar-refractivity contribution in [2.45, 2.75) is 70.2 Å². The predicted octanol–water partition coefficient (Wildman–Crippen LogP) is 5.44. The molecule has 1 amide bonds. The molecular weight excluding hydrogens is 540 g/mol. The lowest BCUT2D eigenvalue weighted by molar-refractivity contribution is -0.159. The van der Waals surface area contributed by atoms with Crippen molar-refractivity contribution in [3.05, 3.63) is 78.0 Å². The molecule has 1 aromatic carbocycles. The molecule has 10 nitrogen and oxygen atoms in total. The molecule has 3 atom stereocenters. The van der Waals surface area contributed by atoms with Crippen LogP contribution in [0.4, 0.5) is 4.79 Å². The quantitative estimate of drug-likeness (QED) is 0.127. The van der Waals surface area contributed by atoms with Crippen LogP contribution >= 0.6 is 0 Å². The van der Waals surface area contributed by atoms with Gasteiger partial charge in [-0.1, -0.05) is 68.0 Å². The Bertz CT molecular complexity index is 1200. The molecule has 0 spiro atoms. The highest BCUT2D eigenvalue weighted by Crippen LogP contribution is 2.26. The van der Waals surface area contributed by atoms with Gasteiger partial charge in [0.2, 0.25) is 5.89 Å². The number of amides is 1. The third-order valence-corrected chi connectivity index (χ3v) is 6.33. The molecular formula is C32H40N2O8. The van der Waals surface area contributed by atoms with E-state index in [2.05, 4.69) is 15.0 Å². The maximum Gasteiger partial charge on any atom is 0.407 e. The van der Waals surface area contributed by atoms with E-state index >= 15 is 0 Å². The number of unbranched alkanes of at least 4 members (excludes halogenated alkanes) is 1. The molecule has 42 heavy (non-hydrogen) atoms. The number of nitrogens with zero attached hydrogens (tertiary/aromatic N) is 1. The second-order valence-corrected chi connectivity index (χ2v) is 9.77. The number of oxazole rings is 1. The zero-order chi connectivity index (χ0) is 30.0. The number of rotatable bonds is 15. The minimum Gasteiger partial charge on any atom is -0.466 e. The highest BCUT2D eigenvalue weighted by molar-refractivity contribution is 5.82. The van der Waals surface area contributed by atoms with Crippen LogP contribution in [0.15, 0.2) is 65.3 Å². The first-order chi connectivity index (χ1) is 20.4. The maximum atomic E-state index is 12.6. The molecule has 1 N–H and O–H groups in total. The number of alkyl carbamates (subject to hydrolysis) is 1. The van der Waals surface area contributed by atoms with Crippen LogP contribution < -0.4 is 5.32 Å². The summed E-state index contributed by atoms with van der Waals surface area (Å²) in [5.74, 6) is -0.339. The van der Waals surface area contributed by atoms with E-state index < -0.39 is 24.3 Å². The van der Waals surface area contributed by atoms with Gasteiger partial charge in [0.15, 0.2) is 0 Å². The fourth-order valence-corrected chi connectivity index (χ4v) is 4.22. The number of benzene rings is 1. The Kier molecular flexibility index (Phi) is 14.1. The molecule has 1 aromatic heterocycles. The lowest BCUT2D eigenvalue weighted by atomic mass is 9.98. The Morgan fingerprint density at radius 3 is 2.74 bits per heavy atom. The number of methoxy groups -OCH3 is 1. The van der Waals surface area contributed by atoms with Crippen LogP contribution in [0.25, 0.3) is 12.2 Å². The van der Waals surface area contributed by atoms with Gasteiger partial charge < -0.3 is 28.7 Å². The summed E-state index contributed by atoms with van der Waals surface area (Å²) in [6.07, 6.45) is 14.3. The van der Waals surface area contributed by atoms with Gasteiger partial charge in [0.05, 0.1) is 38.0 Å². The van der Waals surface area contributed by atoms with Crippen molar-refractivity contribution in [2.75, 3.05) is 20.3 Å². The molecule has 0 radical (unpaired) electrons. The summed E-state index contributed by atoms with van der Waals surface area (Å²) >= 11 is 0. The van der Waals surface area contributed by atoms with E-state index in [1.807, 2.05) is 49.4 Å². The van der Waals surface area contributed by atoms with E-state index in [0.717, 1.165) is 24.1 Å². The zero-order valence-electron chi connectivity index (χ0n) is 24.2. The van der Waals surface area contributed by atoms with Gasteiger partial charge in [-0.05, 0) is 30.9 Å². The minimum absolute atomic E-state index is 0.111. The average molecular weight is 581 g/mol. The standard InChI is InChI=1S/C32H40N2O8/c1-3-4-19-39-31(36)22-28-21-27(20-26(41-28)17-16-24-11-6-5-7-12-24)42-30(35)15-9-8-13-25-23-40-29(34-25)14-10-18-33-32(37)38-2/h5-7,9-12,14-17,23,26-28H,3-4,8,13,18-22H2,1-2H3,(H,33,37)/b14-10-,15-9-,17-16+/t26-,27-,28-/m0/s1. The van der Waals surface area contributed by atoms with Gasteiger partial charge in [-0.25, -0.2) is 14.6 Å². The number of aromatic nitrogens is 1. The van der Waals surface area contributed by atoms with Crippen molar-refractivity contribution >= 4 is 30.2 Å². The van der Waals surface area contributed by atoms with Gasteiger partial charge >= 0.3 is 18.0 Å². The summed E-state index contributed by atoms with van der Waals surface area (Å²) in [4.78, 5) is 40.3. The van der Waals surface area contributed by atoms with Crippen molar-refractivity contribution in [1.29, 1.82) is 0 Å². The second-order valence-electron chi connectivity index (χ2n) is 9.77. The summed E-state index contributed by atoms with van der Waals surface area (Å²) in [6, 6.07) is 9.85. The van der Waals surface area contributed by atoms with E-state index in [-0.39, 0.29) is 25.0 Å². The van der Waals surface area contributed by atoms with Gasteiger partial charge in [0.25, 0.3) is 0 Å². The highest BCUT2D eigenvalue weighted by Gasteiger charge is 2.32. The monoisotopic (exact) mass is 580 g/mol. The first kappa shape index (κ1) is 32.3. The SMILES string of the molecule is CCCCOC(=O)C[C@@H]1C[C@@H](OC(=O)/C=C\CCc2coc(/C=C\CNC(=O)OC)n2)C[C@H](/C=C/c2ccccc2)O1. The molecule has 1 fully saturated rings. The normalized spacial score (nSPS) is 18.9. The Morgan fingerprint density at radius 1 is 1.12 bits per heavy atom. The fraction of sp³-hybridized carbons (Fsp3) is 0.438. The number of aryl methyl sites for hydroxylation is 1. The summed E-state index contributed by atoms with van der Waals surface area (Å²) in [5.41, 5.74) is 1.77. The van der Waals surface area contributed by atoms with Gasteiger partial charge in [-0.15, -0.1) is 0 Å². The number of esters is 2. The van der Waals surface area contributed by atoms with Crippen molar-refractivity contribution in [2.24, 2.45) is 0 Å². The van der Waals surface area contributed by atoms with Gasteiger partial charge in [0.1, 0.15) is 12.4 Å². The fourth-order valence-electron chi connectivity index (χ4n) is 4.22. The van der Waals surface area contributed by atoms with Crippen molar-refractivity contribution in [3.8, 4) is 0 Å². The second kappa shape index (κ2) is 18.3. The first-order valence-corrected chi connectivity index (χ1v) is 14.3. The lowest BCUT2D eigenvalue weighted by Gasteiger charge is -2.33. The number of allylic oxidation sites excluding steroid dienone is 1. The number of ether oxygens (including phenoxy) is 4. The van der Waals surface area contributed by atoms with Crippen LogP contribution in [-0.2, 0) is 35.0 Å².